The number of hydrogen-bond acceptors (Lipinski definition) is 3. The largest absolute Gasteiger partial charge is 0.411 e. The summed E-state index contributed by atoms with van der Waals surface area (Å²) in [5.74, 6) is -0.489. The second-order valence-electron chi connectivity index (χ2n) is 2.18. The van der Waals surface area contributed by atoms with Crippen LogP contribution in [0.2, 0.25) is 12.6 Å². The van der Waals surface area contributed by atoms with E-state index in [2.05, 4.69) is 0 Å². The summed E-state index contributed by atoms with van der Waals surface area (Å²) in [6.07, 6.45) is 0.0652. The summed E-state index contributed by atoms with van der Waals surface area (Å²) in [4.78, 5) is 27.6. The van der Waals surface area contributed by atoms with Crippen LogP contribution >= 0.6 is 0 Å². The lowest BCUT2D eigenvalue weighted by atomic mass is 10.5. The Morgan fingerprint density at radius 3 is 2.22 bits per heavy atom. The molecule has 0 radical (unpaired) electrons. The van der Waals surface area contributed by atoms with Crippen LogP contribution in [-0.4, -0.2) is 24.1 Å². The van der Waals surface area contributed by atoms with Crippen molar-refractivity contribution in [2.75, 3.05) is 0 Å². The maximum atomic E-state index is 10.1. The number of carbonyl (C=O) groups is 1. The highest BCUT2D eigenvalue weighted by Gasteiger charge is 2.21. The van der Waals surface area contributed by atoms with Crippen LogP contribution < -0.4 is 5.73 Å². The highest BCUT2D eigenvalue weighted by atomic mass is 28.4. The molecule has 0 aromatic carbocycles. The summed E-state index contributed by atoms with van der Waals surface area (Å²) < 4.78 is 0. The van der Waals surface area contributed by atoms with Gasteiger partial charge in [0.05, 0.1) is 0 Å². The van der Waals surface area contributed by atoms with Gasteiger partial charge in [0, 0.05) is 6.42 Å². The number of rotatable bonds is 3. The fourth-order valence-electron chi connectivity index (χ4n) is 0.360. The molecule has 0 fully saturated rings. The van der Waals surface area contributed by atoms with Crippen molar-refractivity contribution in [3.05, 3.63) is 0 Å². The van der Waals surface area contributed by atoms with Crippen molar-refractivity contribution in [1.29, 1.82) is 0 Å². The van der Waals surface area contributed by atoms with E-state index in [1.165, 1.54) is 6.55 Å². The van der Waals surface area contributed by atoms with Crippen molar-refractivity contribution < 1.29 is 14.4 Å². The molecule has 0 aliphatic heterocycles. The number of primary amides is 1. The lowest BCUT2D eigenvalue weighted by molar-refractivity contribution is -0.117. The monoisotopic (exact) mass is 149 g/mol. The molecule has 5 heteroatoms. The van der Waals surface area contributed by atoms with Gasteiger partial charge >= 0.3 is 8.56 Å². The van der Waals surface area contributed by atoms with Crippen molar-refractivity contribution in [2.24, 2.45) is 5.73 Å². The van der Waals surface area contributed by atoms with Crippen molar-refractivity contribution in [3.63, 3.8) is 0 Å². The van der Waals surface area contributed by atoms with Gasteiger partial charge in [-0.1, -0.05) is 0 Å². The Balaban J connectivity index is 3.39. The van der Waals surface area contributed by atoms with Crippen LogP contribution in [0, 0.1) is 0 Å². The third-order valence-electron chi connectivity index (χ3n) is 0.845. The van der Waals surface area contributed by atoms with Crippen LogP contribution in [0.4, 0.5) is 0 Å². The zero-order valence-corrected chi connectivity index (χ0v) is 6.29. The summed E-state index contributed by atoms with van der Waals surface area (Å²) in [6.45, 7) is 1.34. The fraction of sp³-hybridized carbons (Fsp3) is 0.750. The molecule has 54 valence electrons. The molecule has 0 rings (SSSR count). The van der Waals surface area contributed by atoms with Crippen molar-refractivity contribution in [3.8, 4) is 0 Å². The van der Waals surface area contributed by atoms with Gasteiger partial charge in [-0.05, 0) is 12.6 Å². The zero-order valence-electron chi connectivity index (χ0n) is 5.29. The average Bonchev–Trinajstić information content (AvgIpc) is 1.59. The smallest absolute Gasteiger partial charge is 0.330 e. The number of nitrogens with two attached hydrogens (primary N) is 1. The molecule has 9 heavy (non-hydrogen) atoms. The van der Waals surface area contributed by atoms with E-state index in [0.717, 1.165) is 0 Å². The van der Waals surface area contributed by atoms with Crippen LogP contribution in [0.15, 0.2) is 0 Å². The highest BCUT2D eigenvalue weighted by Crippen LogP contribution is 2.02. The first-order valence-electron chi connectivity index (χ1n) is 2.65. The molecular weight excluding hydrogens is 138 g/mol. The Morgan fingerprint density at radius 1 is 1.67 bits per heavy atom. The maximum Gasteiger partial charge on any atom is 0.330 e. The standard InChI is InChI=1S/C4H11NO3Si/c1-9(7,8)3-2-4(5)6/h7-8H,2-3H2,1H3,(H2,5,6). The van der Waals surface area contributed by atoms with E-state index in [4.69, 9.17) is 15.3 Å². The topological polar surface area (TPSA) is 83.6 Å². The molecule has 0 spiro atoms. The van der Waals surface area contributed by atoms with E-state index in [1.807, 2.05) is 0 Å². The molecule has 0 aliphatic rings. The molecular formula is C4H11NO3Si. The summed E-state index contributed by atoms with van der Waals surface area (Å²) in [5, 5.41) is 0. The average molecular weight is 149 g/mol. The summed E-state index contributed by atoms with van der Waals surface area (Å²) in [5.41, 5.74) is 4.76. The maximum absolute atomic E-state index is 10.1. The Kier molecular flexibility index (Phi) is 2.82. The Labute approximate surface area is 54.6 Å². The van der Waals surface area contributed by atoms with Crippen LogP contribution in [0.3, 0.4) is 0 Å². The van der Waals surface area contributed by atoms with Gasteiger partial charge in [0.25, 0.3) is 0 Å². The van der Waals surface area contributed by atoms with E-state index >= 15 is 0 Å². The molecule has 0 aromatic heterocycles. The van der Waals surface area contributed by atoms with Crippen molar-refractivity contribution in [1.82, 2.24) is 0 Å². The van der Waals surface area contributed by atoms with Crippen LogP contribution in [0.5, 0.6) is 0 Å². The molecule has 0 bridgehead atoms. The predicted octanol–water partition coefficient (Wildman–Crippen LogP) is -1.08. The van der Waals surface area contributed by atoms with Gasteiger partial charge in [-0.15, -0.1) is 0 Å². The lowest BCUT2D eigenvalue weighted by Crippen LogP contribution is -2.31. The minimum absolute atomic E-state index is 0.0652. The number of amides is 1. The van der Waals surface area contributed by atoms with Gasteiger partial charge < -0.3 is 15.3 Å². The van der Waals surface area contributed by atoms with E-state index in [0.29, 0.717) is 0 Å². The molecule has 0 unspecified atom stereocenters. The SMILES string of the molecule is C[Si](O)(O)CCC(N)=O. The highest BCUT2D eigenvalue weighted by molar-refractivity contribution is 6.63. The second kappa shape index (κ2) is 2.95. The van der Waals surface area contributed by atoms with E-state index < -0.39 is 14.5 Å². The van der Waals surface area contributed by atoms with Gasteiger partial charge in [-0.2, -0.15) is 0 Å². The fourth-order valence-corrected chi connectivity index (χ4v) is 1.08. The first-order chi connectivity index (χ1) is 3.92. The van der Waals surface area contributed by atoms with Gasteiger partial charge in [0.2, 0.25) is 5.91 Å². The van der Waals surface area contributed by atoms with Gasteiger partial charge in [-0.3, -0.25) is 4.79 Å². The van der Waals surface area contributed by atoms with Crippen LogP contribution in [0.1, 0.15) is 6.42 Å². The first-order valence-corrected chi connectivity index (χ1v) is 5.25. The predicted molar refractivity (Wildman–Crippen MR) is 34.7 cm³/mol. The third kappa shape index (κ3) is 7.61. The quantitative estimate of drug-likeness (QED) is 0.446. The van der Waals surface area contributed by atoms with E-state index in [-0.39, 0.29) is 12.5 Å². The van der Waals surface area contributed by atoms with Crippen LogP contribution in [-0.2, 0) is 4.79 Å². The van der Waals surface area contributed by atoms with E-state index in [1.54, 1.807) is 0 Å². The normalized spacial score (nSPS) is 11.4. The molecule has 0 heterocycles. The number of carbonyl (C=O) groups excluding carboxylic acids is 1. The first kappa shape index (κ1) is 8.61. The van der Waals surface area contributed by atoms with Gasteiger partial charge in [0.15, 0.2) is 0 Å². The summed E-state index contributed by atoms with van der Waals surface area (Å²) in [7, 11) is -3.02. The van der Waals surface area contributed by atoms with Crippen molar-refractivity contribution in [2.45, 2.75) is 19.0 Å². The van der Waals surface area contributed by atoms with E-state index in [9.17, 15) is 4.79 Å². The zero-order chi connectivity index (χ0) is 7.49. The van der Waals surface area contributed by atoms with Crippen molar-refractivity contribution >= 4 is 14.5 Å². The molecule has 4 nitrogen and oxygen atoms in total. The minimum atomic E-state index is -3.02. The summed E-state index contributed by atoms with van der Waals surface area (Å²) >= 11 is 0. The van der Waals surface area contributed by atoms with Crippen LogP contribution in [0.25, 0.3) is 0 Å². The Morgan fingerprint density at radius 2 is 2.11 bits per heavy atom. The second-order valence-corrected chi connectivity index (χ2v) is 5.12. The molecule has 0 aromatic rings. The Bertz CT molecular complexity index is 109. The van der Waals surface area contributed by atoms with Gasteiger partial charge in [-0.25, -0.2) is 0 Å². The molecule has 0 saturated carbocycles. The molecule has 0 atom stereocenters. The molecule has 0 saturated heterocycles. The number of hydrogen-bond donors (Lipinski definition) is 3. The summed E-state index contributed by atoms with van der Waals surface area (Å²) in [6, 6.07) is 0.127. The van der Waals surface area contributed by atoms with Gasteiger partial charge in [0.1, 0.15) is 0 Å². The lowest BCUT2D eigenvalue weighted by Gasteiger charge is -2.08. The molecule has 4 N–H and O–H groups in total. The molecule has 0 aliphatic carbocycles. The third-order valence-corrected chi connectivity index (χ3v) is 2.04. The minimum Gasteiger partial charge on any atom is -0.411 e. The Hall–Kier alpha value is -0.393. The molecule has 1 amide bonds.